The fourth-order valence-corrected chi connectivity index (χ4v) is 4.94. The Bertz CT molecular complexity index is 395. The van der Waals surface area contributed by atoms with Gasteiger partial charge in [-0.25, -0.2) is 0 Å². The number of carboxylic acids is 1. The summed E-state index contributed by atoms with van der Waals surface area (Å²) in [5.41, 5.74) is 0. The third kappa shape index (κ3) is 3.09. The van der Waals surface area contributed by atoms with Gasteiger partial charge in [0.05, 0.1) is 11.8 Å². The first-order valence-corrected chi connectivity index (χ1v) is 8.67. The second-order valence-corrected chi connectivity index (χ2v) is 7.31. The van der Waals surface area contributed by atoms with Crippen molar-refractivity contribution in [2.45, 2.75) is 57.8 Å². The molecule has 4 fully saturated rings. The zero-order chi connectivity index (χ0) is 14.8. The van der Waals surface area contributed by atoms with Crippen molar-refractivity contribution in [1.82, 2.24) is 5.32 Å². The van der Waals surface area contributed by atoms with Gasteiger partial charge >= 0.3 is 5.97 Å². The molecule has 4 rings (SSSR count). The molecule has 0 aliphatic heterocycles. The fraction of sp³-hybridized carbons (Fsp3) is 0.882. The maximum absolute atomic E-state index is 12.6. The predicted molar refractivity (Wildman–Crippen MR) is 79.6 cm³/mol. The third-order valence-corrected chi connectivity index (χ3v) is 6.10. The Hall–Kier alpha value is -1.06. The molecule has 4 saturated carbocycles. The molecule has 0 aromatic heterocycles. The molecule has 118 valence electrons. The minimum absolute atomic E-state index is 0.0161. The summed E-state index contributed by atoms with van der Waals surface area (Å²) in [4.78, 5) is 24.2. The van der Waals surface area contributed by atoms with Crippen molar-refractivity contribution in [3.63, 3.8) is 0 Å². The quantitative estimate of drug-likeness (QED) is 0.837. The number of aliphatic carboxylic acids is 1. The van der Waals surface area contributed by atoms with Crippen LogP contribution in [0.4, 0.5) is 0 Å². The predicted octanol–water partition coefficient (Wildman–Crippen LogP) is 2.82. The molecular formula is C17H27NO3. The Morgan fingerprint density at radius 3 is 2.00 bits per heavy atom. The van der Waals surface area contributed by atoms with Gasteiger partial charge in [-0.3, -0.25) is 9.59 Å². The fourth-order valence-electron chi connectivity index (χ4n) is 4.94. The lowest BCUT2D eigenvalue weighted by molar-refractivity contribution is -0.158. The van der Waals surface area contributed by atoms with Crippen LogP contribution < -0.4 is 5.32 Å². The van der Waals surface area contributed by atoms with Crippen LogP contribution in [0, 0.1) is 29.6 Å². The van der Waals surface area contributed by atoms with Crippen LogP contribution in [0.2, 0.25) is 0 Å². The zero-order valence-corrected chi connectivity index (χ0v) is 12.7. The third-order valence-electron chi connectivity index (χ3n) is 6.10. The van der Waals surface area contributed by atoms with Crippen LogP contribution in [0.25, 0.3) is 0 Å². The molecule has 4 heteroatoms. The molecule has 2 atom stereocenters. The van der Waals surface area contributed by atoms with E-state index >= 15 is 0 Å². The first-order chi connectivity index (χ1) is 10.2. The molecular weight excluding hydrogens is 266 g/mol. The molecule has 1 amide bonds. The van der Waals surface area contributed by atoms with Gasteiger partial charge in [0.2, 0.25) is 5.91 Å². The molecule has 4 nitrogen and oxygen atoms in total. The molecule has 21 heavy (non-hydrogen) atoms. The van der Waals surface area contributed by atoms with Crippen molar-refractivity contribution in [2.75, 3.05) is 6.54 Å². The molecule has 0 saturated heterocycles. The van der Waals surface area contributed by atoms with Gasteiger partial charge in [-0.2, -0.15) is 0 Å². The highest BCUT2D eigenvalue weighted by Crippen LogP contribution is 2.49. The van der Waals surface area contributed by atoms with Gasteiger partial charge in [-0.05, 0) is 56.3 Å². The SMILES string of the molecule is O=C(O)[C@H]1C2CCC(CC2)[C@@H]1C(=O)NCC1CCCCC1. The smallest absolute Gasteiger partial charge is 0.307 e. The van der Waals surface area contributed by atoms with Crippen LogP contribution in [0.5, 0.6) is 0 Å². The molecule has 0 radical (unpaired) electrons. The van der Waals surface area contributed by atoms with Crippen LogP contribution >= 0.6 is 0 Å². The molecule has 4 aliphatic carbocycles. The number of rotatable bonds is 4. The molecule has 0 unspecified atom stereocenters. The van der Waals surface area contributed by atoms with Gasteiger partial charge in [0.25, 0.3) is 0 Å². The molecule has 2 N–H and O–H groups in total. The lowest BCUT2D eigenvalue weighted by atomic mass is 9.58. The van der Waals surface area contributed by atoms with E-state index in [1.807, 2.05) is 0 Å². The Labute approximate surface area is 126 Å². The van der Waals surface area contributed by atoms with Crippen molar-refractivity contribution in [1.29, 1.82) is 0 Å². The number of carboxylic acid groups (broad SMARTS) is 1. The highest BCUT2D eigenvalue weighted by molar-refractivity contribution is 5.85. The number of carbonyl (C=O) groups is 2. The Morgan fingerprint density at radius 1 is 0.857 bits per heavy atom. The summed E-state index contributed by atoms with van der Waals surface area (Å²) < 4.78 is 0. The maximum Gasteiger partial charge on any atom is 0.307 e. The number of fused-ring (bicyclic) bond motifs is 3. The van der Waals surface area contributed by atoms with Crippen molar-refractivity contribution < 1.29 is 14.7 Å². The average molecular weight is 293 g/mol. The number of carbonyl (C=O) groups excluding carboxylic acids is 1. The van der Waals surface area contributed by atoms with Crippen LogP contribution in [-0.4, -0.2) is 23.5 Å². The second kappa shape index (κ2) is 6.37. The summed E-state index contributed by atoms with van der Waals surface area (Å²) >= 11 is 0. The Morgan fingerprint density at radius 2 is 1.43 bits per heavy atom. The number of amides is 1. The highest BCUT2D eigenvalue weighted by Gasteiger charge is 2.50. The van der Waals surface area contributed by atoms with Gasteiger partial charge in [-0.1, -0.05) is 19.3 Å². The summed E-state index contributed by atoms with van der Waals surface area (Å²) in [6.45, 7) is 0.749. The van der Waals surface area contributed by atoms with Crippen LogP contribution in [0.3, 0.4) is 0 Å². The van der Waals surface area contributed by atoms with Gasteiger partial charge in [-0.15, -0.1) is 0 Å². The van der Waals surface area contributed by atoms with E-state index in [0.29, 0.717) is 11.8 Å². The van der Waals surface area contributed by atoms with E-state index < -0.39 is 11.9 Å². The Balaban J connectivity index is 1.60. The minimum Gasteiger partial charge on any atom is -0.481 e. The molecule has 0 spiro atoms. The van der Waals surface area contributed by atoms with E-state index in [1.54, 1.807) is 0 Å². The zero-order valence-electron chi connectivity index (χ0n) is 12.7. The second-order valence-electron chi connectivity index (χ2n) is 7.31. The van der Waals surface area contributed by atoms with Gasteiger partial charge in [0.15, 0.2) is 0 Å². The normalized spacial score (nSPS) is 36.4. The van der Waals surface area contributed by atoms with Gasteiger partial charge < -0.3 is 10.4 Å². The van der Waals surface area contributed by atoms with E-state index in [0.717, 1.165) is 32.2 Å². The van der Waals surface area contributed by atoms with E-state index in [2.05, 4.69) is 5.32 Å². The van der Waals surface area contributed by atoms with E-state index in [-0.39, 0.29) is 17.7 Å². The standard InChI is InChI=1S/C17H27NO3/c19-16(18-10-11-4-2-1-3-5-11)14-12-6-8-13(9-7-12)15(14)17(20)21/h11-15H,1-10H2,(H,18,19)(H,20,21)/t12?,13?,14-,15-/m0/s1. The maximum atomic E-state index is 12.6. The van der Waals surface area contributed by atoms with Crippen molar-refractivity contribution in [3.05, 3.63) is 0 Å². The lowest BCUT2D eigenvalue weighted by Crippen LogP contribution is -2.51. The molecule has 0 aromatic rings. The first-order valence-electron chi connectivity index (χ1n) is 8.67. The molecule has 0 heterocycles. The summed E-state index contributed by atoms with van der Waals surface area (Å²) in [7, 11) is 0. The van der Waals surface area contributed by atoms with E-state index in [1.165, 1.54) is 32.1 Å². The minimum atomic E-state index is -0.762. The summed E-state index contributed by atoms with van der Waals surface area (Å²) in [6.07, 6.45) is 10.3. The largest absolute Gasteiger partial charge is 0.481 e. The van der Waals surface area contributed by atoms with Crippen molar-refractivity contribution >= 4 is 11.9 Å². The van der Waals surface area contributed by atoms with E-state index in [9.17, 15) is 14.7 Å². The number of hydrogen-bond donors (Lipinski definition) is 2. The first kappa shape index (κ1) is 14.9. The highest BCUT2D eigenvalue weighted by atomic mass is 16.4. The van der Waals surface area contributed by atoms with Gasteiger partial charge in [0.1, 0.15) is 0 Å². The van der Waals surface area contributed by atoms with Crippen LogP contribution in [0.15, 0.2) is 0 Å². The monoisotopic (exact) mass is 293 g/mol. The Kier molecular flexibility index (Phi) is 4.51. The average Bonchev–Trinajstić information content (AvgIpc) is 2.53. The lowest BCUT2D eigenvalue weighted by Gasteiger charge is -2.45. The number of hydrogen-bond acceptors (Lipinski definition) is 2. The van der Waals surface area contributed by atoms with Crippen LogP contribution in [-0.2, 0) is 9.59 Å². The molecule has 2 bridgehead atoms. The summed E-state index contributed by atoms with van der Waals surface area (Å²) in [5, 5.41) is 12.6. The van der Waals surface area contributed by atoms with Crippen LogP contribution in [0.1, 0.15) is 57.8 Å². The summed E-state index contributed by atoms with van der Waals surface area (Å²) in [6, 6.07) is 0. The number of nitrogens with one attached hydrogen (secondary N) is 1. The molecule has 4 aliphatic rings. The summed E-state index contributed by atoms with van der Waals surface area (Å²) in [5.74, 6) is -0.348. The van der Waals surface area contributed by atoms with Gasteiger partial charge in [0, 0.05) is 6.54 Å². The van der Waals surface area contributed by atoms with E-state index in [4.69, 9.17) is 0 Å². The molecule has 0 aromatic carbocycles. The van der Waals surface area contributed by atoms with Crippen molar-refractivity contribution in [3.8, 4) is 0 Å². The van der Waals surface area contributed by atoms with Crippen molar-refractivity contribution in [2.24, 2.45) is 29.6 Å². The topological polar surface area (TPSA) is 66.4 Å².